The molecule has 37 heavy (non-hydrogen) atoms. The van der Waals surface area contributed by atoms with E-state index in [9.17, 15) is 0 Å². The van der Waals surface area contributed by atoms with Crippen molar-refractivity contribution in [1.82, 2.24) is 25.1 Å². The Labute approximate surface area is 222 Å². The van der Waals surface area contributed by atoms with Gasteiger partial charge in [-0.1, -0.05) is 33.2 Å². The summed E-state index contributed by atoms with van der Waals surface area (Å²) in [6, 6.07) is 13.8. The van der Waals surface area contributed by atoms with Crippen LogP contribution in [0.4, 0.5) is 11.6 Å². The summed E-state index contributed by atoms with van der Waals surface area (Å²) in [5, 5.41) is 14.1. The van der Waals surface area contributed by atoms with Crippen LogP contribution in [0.5, 0.6) is 0 Å². The number of halogens is 1. The molecule has 4 aromatic rings. The predicted octanol–water partition coefficient (Wildman–Crippen LogP) is 4.26. The topological polar surface area (TPSA) is 125 Å². The van der Waals surface area contributed by atoms with Crippen LogP contribution in [0, 0.1) is 0 Å². The van der Waals surface area contributed by atoms with E-state index in [2.05, 4.69) is 46.2 Å². The lowest BCUT2D eigenvalue weighted by Crippen LogP contribution is -2.23. The first kappa shape index (κ1) is 23.7. The fraction of sp³-hybridized carbons (Fsp3) is 0.308. The third-order valence-corrected chi connectivity index (χ3v) is 7.04. The molecule has 188 valence electrons. The van der Waals surface area contributed by atoms with Gasteiger partial charge in [-0.15, -0.1) is 10.2 Å². The van der Waals surface area contributed by atoms with E-state index in [1.807, 2.05) is 42.5 Å². The first-order chi connectivity index (χ1) is 18.1. The normalized spacial score (nSPS) is 17.5. The average molecular weight is 561 g/mol. The van der Waals surface area contributed by atoms with Crippen molar-refractivity contribution in [2.75, 3.05) is 36.9 Å². The zero-order chi connectivity index (χ0) is 25.2. The maximum Gasteiger partial charge on any atom is 0.165 e. The molecule has 0 unspecified atom stereocenters. The smallest absolute Gasteiger partial charge is 0.165 e. The van der Waals surface area contributed by atoms with Gasteiger partial charge in [0.05, 0.1) is 36.6 Å². The molecule has 3 aromatic heterocycles. The van der Waals surface area contributed by atoms with Crippen LogP contribution < -0.4 is 10.6 Å². The number of benzene rings is 1. The quantitative estimate of drug-likeness (QED) is 0.356. The Balaban J connectivity index is 1.25. The number of rotatable bonds is 5. The number of fused-ring (bicyclic) bond motifs is 1. The second kappa shape index (κ2) is 10.3. The highest BCUT2D eigenvalue weighted by Crippen LogP contribution is 2.34. The van der Waals surface area contributed by atoms with E-state index < -0.39 is 0 Å². The number of oxime groups is 1. The lowest BCUT2D eigenvalue weighted by Gasteiger charge is -2.20. The van der Waals surface area contributed by atoms with Gasteiger partial charge in [-0.25, -0.2) is 15.0 Å². The summed E-state index contributed by atoms with van der Waals surface area (Å²) < 4.78 is 6.34. The van der Waals surface area contributed by atoms with E-state index in [-0.39, 0.29) is 6.10 Å². The minimum atomic E-state index is 0.145. The summed E-state index contributed by atoms with van der Waals surface area (Å²) in [4.78, 5) is 21.2. The van der Waals surface area contributed by atoms with Gasteiger partial charge in [0.25, 0.3) is 0 Å². The summed E-state index contributed by atoms with van der Waals surface area (Å²) >= 11 is 3.55. The van der Waals surface area contributed by atoms with Gasteiger partial charge in [0.15, 0.2) is 11.5 Å². The zero-order valence-electron chi connectivity index (χ0n) is 20.0. The second-order valence-corrected chi connectivity index (χ2v) is 9.96. The molecule has 2 fully saturated rings. The second-order valence-electron chi connectivity index (χ2n) is 9.05. The molecule has 10 nitrogen and oxygen atoms in total. The third kappa shape index (κ3) is 5.09. The van der Waals surface area contributed by atoms with Gasteiger partial charge in [-0.3, -0.25) is 0 Å². The highest BCUT2D eigenvalue weighted by Gasteiger charge is 2.22. The van der Waals surface area contributed by atoms with Gasteiger partial charge in [-0.05, 0) is 41.5 Å². The molecular weight excluding hydrogens is 536 g/mol. The molecule has 2 aliphatic heterocycles. The maximum absolute atomic E-state index is 6.23. The van der Waals surface area contributed by atoms with Crippen LogP contribution in [0.2, 0.25) is 0 Å². The third-order valence-electron chi connectivity index (χ3n) is 6.55. The van der Waals surface area contributed by atoms with Crippen molar-refractivity contribution in [3.05, 3.63) is 53.3 Å². The van der Waals surface area contributed by atoms with Gasteiger partial charge >= 0.3 is 0 Å². The van der Waals surface area contributed by atoms with E-state index >= 15 is 0 Å². The van der Waals surface area contributed by atoms with E-state index in [0.717, 1.165) is 66.2 Å². The molecule has 0 amide bonds. The van der Waals surface area contributed by atoms with E-state index in [4.69, 9.17) is 20.3 Å². The number of hydrogen-bond donors (Lipinski definition) is 1. The Morgan fingerprint density at radius 2 is 1.95 bits per heavy atom. The minimum Gasteiger partial charge on any atom is -0.392 e. The van der Waals surface area contributed by atoms with Gasteiger partial charge in [-0.2, -0.15) is 0 Å². The monoisotopic (exact) mass is 560 g/mol. The van der Waals surface area contributed by atoms with Gasteiger partial charge in [0.2, 0.25) is 0 Å². The van der Waals surface area contributed by atoms with Crippen LogP contribution in [0.3, 0.4) is 0 Å². The number of pyridine rings is 1. The number of aromatic nitrogens is 5. The lowest BCUT2D eigenvalue weighted by atomic mass is 10.0. The van der Waals surface area contributed by atoms with Crippen LogP contribution in [0.25, 0.3) is 33.5 Å². The first-order valence-electron chi connectivity index (χ1n) is 12.2. The summed E-state index contributed by atoms with van der Waals surface area (Å²) in [5.41, 5.74) is 10.9. The SMILES string of the molecule is Nc1ncnc2nc(-c3ccc(N4CCC(=NOC5CCOCC5)C4)nn3)cc(-c3cccc(Br)c3)c12. The minimum absolute atomic E-state index is 0.145. The Bertz CT molecular complexity index is 1460. The molecule has 2 aliphatic rings. The molecule has 0 spiro atoms. The summed E-state index contributed by atoms with van der Waals surface area (Å²) in [6.45, 7) is 2.97. The summed E-state index contributed by atoms with van der Waals surface area (Å²) in [5.74, 6) is 1.17. The van der Waals surface area contributed by atoms with Crippen LogP contribution >= 0.6 is 15.9 Å². The van der Waals surface area contributed by atoms with Crippen LogP contribution in [0.15, 0.2) is 58.4 Å². The first-order valence-corrected chi connectivity index (χ1v) is 13.0. The molecule has 2 saturated heterocycles. The Morgan fingerprint density at radius 1 is 1.05 bits per heavy atom. The van der Waals surface area contributed by atoms with Crippen molar-refractivity contribution in [2.45, 2.75) is 25.4 Å². The van der Waals surface area contributed by atoms with Crippen molar-refractivity contribution in [3.8, 4) is 22.5 Å². The molecular formula is C26H25BrN8O2. The van der Waals surface area contributed by atoms with E-state index in [1.165, 1.54) is 6.33 Å². The maximum atomic E-state index is 6.23. The fourth-order valence-electron chi connectivity index (χ4n) is 4.58. The molecule has 0 atom stereocenters. The van der Waals surface area contributed by atoms with Crippen LogP contribution in [0.1, 0.15) is 19.3 Å². The Kier molecular flexibility index (Phi) is 6.62. The number of nitrogens with two attached hydrogens (primary N) is 1. The Hall–Kier alpha value is -3.70. The largest absolute Gasteiger partial charge is 0.392 e. The number of nitrogens with zero attached hydrogens (tertiary/aromatic N) is 7. The molecule has 11 heteroatoms. The average Bonchev–Trinajstić information content (AvgIpc) is 3.41. The molecule has 5 heterocycles. The molecule has 0 aliphatic carbocycles. The Morgan fingerprint density at radius 3 is 2.76 bits per heavy atom. The van der Waals surface area contributed by atoms with Crippen molar-refractivity contribution < 1.29 is 9.57 Å². The van der Waals surface area contributed by atoms with Crippen molar-refractivity contribution in [2.24, 2.45) is 5.16 Å². The van der Waals surface area contributed by atoms with Crippen LogP contribution in [-0.4, -0.2) is 63.3 Å². The van der Waals surface area contributed by atoms with Crippen molar-refractivity contribution >= 4 is 44.3 Å². The van der Waals surface area contributed by atoms with Crippen LogP contribution in [-0.2, 0) is 9.57 Å². The van der Waals surface area contributed by atoms with Gasteiger partial charge in [0.1, 0.15) is 23.9 Å². The number of anilines is 2. The molecule has 0 saturated carbocycles. The lowest BCUT2D eigenvalue weighted by molar-refractivity contribution is -0.0301. The van der Waals surface area contributed by atoms with Gasteiger partial charge in [0, 0.05) is 30.3 Å². The molecule has 1 aromatic carbocycles. The summed E-state index contributed by atoms with van der Waals surface area (Å²) in [7, 11) is 0. The standard InChI is InChI=1S/C26H25BrN8O2/c27-17-3-1-2-16(12-17)20-13-22(31-26-24(20)25(28)29-15-30-26)21-4-5-23(33-32-21)35-9-6-18(14-35)34-37-19-7-10-36-11-8-19/h1-5,12-13,15,19H,6-11,14H2,(H2,28,29,30,31). The predicted molar refractivity (Wildman–Crippen MR) is 145 cm³/mol. The molecule has 0 radical (unpaired) electrons. The number of nitrogen functional groups attached to an aromatic ring is 1. The highest BCUT2D eigenvalue weighted by atomic mass is 79.9. The molecule has 0 bridgehead atoms. The van der Waals surface area contributed by atoms with Crippen molar-refractivity contribution in [3.63, 3.8) is 0 Å². The summed E-state index contributed by atoms with van der Waals surface area (Å²) in [6.07, 6.45) is 4.18. The van der Waals surface area contributed by atoms with Crippen molar-refractivity contribution in [1.29, 1.82) is 0 Å². The number of hydrogen-bond acceptors (Lipinski definition) is 10. The number of ether oxygens (including phenoxy) is 1. The van der Waals surface area contributed by atoms with E-state index in [1.54, 1.807) is 0 Å². The highest BCUT2D eigenvalue weighted by molar-refractivity contribution is 9.10. The molecule has 2 N–H and O–H groups in total. The fourth-order valence-corrected chi connectivity index (χ4v) is 4.98. The zero-order valence-corrected chi connectivity index (χ0v) is 21.6. The molecule has 6 rings (SSSR count). The van der Waals surface area contributed by atoms with E-state index in [0.29, 0.717) is 34.8 Å². The van der Waals surface area contributed by atoms with Gasteiger partial charge < -0.3 is 20.2 Å².